The molecule has 2 aromatic heterocycles. The highest BCUT2D eigenvalue weighted by atomic mass is 32.1. The first-order chi connectivity index (χ1) is 13.4. The molecule has 3 rings (SSSR count). The lowest BCUT2D eigenvalue weighted by molar-refractivity contribution is -0.119. The first-order valence-electron chi connectivity index (χ1n) is 9.03. The Morgan fingerprint density at radius 3 is 2.57 bits per heavy atom. The number of aromatic nitrogens is 1. The average molecular weight is 400 g/mol. The SMILES string of the molecule is COc1ccc(N(CC(=O)NCc2ccco2)c2nc(C(C)(C)C)cs2)cc1. The van der Waals surface area contributed by atoms with Crippen molar-refractivity contribution in [1.82, 2.24) is 10.3 Å². The van der Waals surface area contributed by atoms with Gasteiger partial charge in [-0.25, -0.2) is 4.98 Å². The van der Waals surface area contributed by atoms with E-state index in [9.17, 15) is 4.79 Å². The van der Waals surface area contributed by atoms with Crippen molar-refractivity contribution in [2.24, 2.45) is 0 Å². The van der Waals surface area contributed by atoms with E-state index in [0.29, 0.717) is 12.3 Å². The largest absolute Gasteiger partial charge is 0.497 e. The maximum Gasteiger partial charge on any atom is 0.240 e. The zero-order valence-electron chi connectivity index (χ0n) is 16.6. The molecule has 0 bridgehead atoms. The number of nitrogens with one attached hydrogen (secondary N) is 1. The van der Waals surface area contributed by atoms with Gasteiger partial charge in [0.15, 0.2) is 5.13 Å². The molecule has 0 radical (unpaired) electrons. The molecule has 0 aliphatic carbocycles. The number of anilines is 2. The molecule has 0 spiro atoms. The predicted octanol–water partition coefficient (Wildman–Crippen LogP) is 4.50. The molecule has 0 fully saturated rings. The quantitative estimate of drug-likeness (QED) is 0.634. The number of rotatable bonds is 7. The van der Waals surface area contributed by atoms with Crippen molar-refractivity contribution in [3.05, 3.63) is 59.5 Å². The second-order valence-electron chi connectivity index (χ2n) is 7.41. The fraction of sp³-hybridized carbons (Fsp3) is 0.333. The Balaban J connectivity index is 1.81. The van der Waals surface area contributed by atoms with Crippen LogP contribution in [0.2, 0.25) is 0 Å². The minimum Gasteiger partial charge on any atom is -0.497 e. The van der Waals surface area contributed by atoms with E-state index in [4.69, 9.17) is 14.1 Å². The topological polar surface area (TPSA) is 67.6 Å². The third kappa shape index (κ3) is 4.92. The number of carbonyl (C=O) groups is 1. The fourth-order valence-corrected chi connectivity index (χ4v) is 3.63. The first kappa shape index (κ1) is 19.9. The van der Waals surface area contributed by atoms with Crippen molar-refractivity contribution in [2.45, 2.75) is 32.7 Å². The molecule has 1 amide bonds. The Morgan fingerprint density at radius 2 is 2.00 bits per heavy atom. The number of amides is 1. The molecule has 0 saturated carbocycles. The molecule has 1 N–H and O–H groups in total. The van der Waals surface area contributed by atoms with Crippen molar-refractivity contribution >= 4 is 28.1 Å². The lowest BCUT2D eigenvalue weighted by atomic mass is 9.93. The van der Waals surface area contributed by atoms with Gasteiger partial charge in [0.1, 0.15) is 18.1 Å². The minimum atomic E-state index is -0.111. The molecule has 0 unspecified atom stereocenters. The number of carbonyl (C=O) groups excluding carboxylic acids is 1. The summed E-state index contributed by atoms with van der Waals surface area (Å²) in [6, 6.07) is 11.2. The van der Waals surface area contributed by atoms with Gasteiger partial charge >= 0.3 is 0 Å². The molecule has 3 aromatic rings. The number of furan rings is 1. The molecule has 0 atom stereocenters. The highest BCUT2D eigenvalue weighted by Gasteiger charge is 2.22. The van der Waals surface area contributed by atoms with Gasteiger partial charge in [-0.15, -0.1) is 11.3 Å². The number of nitrogens with zero attached hydrogens (tertiary/aromatic N) is 2. The summed E-state index contributed by atoms with van der Waals surface area (Å²) >= 11 is 1.53. The van der Waals surface area contributed by atoms with Crippen molar-refractivity contribution in [1.29, 1.82) is 0 Å². The normalized spacial score (nSPS) is 11.3. The zero-order chi connectivity index (χ0) is 20.1. The standard InChI is InChI=1S/C21H25N3O3S/c1-21(2,3)18-14-28-20(23-18)24(15-7-9-16(26-4)10-8-15)13-19(25)22-12-17-6-5-11-27-17/h5-11,14H,12-13H2,1-4H3,(H,22,25). The van der Waals surface area contributed by atoms with Gasteiger partial charge in [-0.3, -0.25) is 4.79 Å². The maximum absolute atomic E-state index is 12.6. The highest BCUT2D eigenvalue weighted by Crippen LogP contribution is 2.33. The van der Waals surface area contributed by atoms with Crippen LogP contribution in [0.5, 0.6) is 5.75 Å². The van der Waals surface area contributed by atoms with Gasteiger partial charge in [0, 0.05) is 16.5 Å². The second-order valence-corrected chi connectivity index (χ2v) is 8.24. The number of hydrogen-bond acceptors (Lipinski definition) is 6. The van der Waals surface area contributed by atoms with Crippen LogP contribution in [0.4, 0.5) is 10.8 Å². The van der Waals surface area contributed by atoms with E-state index in [0.717, 1.165) is 22.3 Å². The summed E-state index contributed by atoms with van der Waals surface area (Å²) in [7, 11) is 1.63. The lowest BCUT2D eigenvalue weighted by Gasteiger charge is -2.22. The lowest BCUT2D eigenvalue weighted by Crippen LogP contribution is -2.34. The molecule has 148 valence electrons. The number of ether oxygens (including phenoxy) is 1. The summed E-state index contributed by atoms with van der Waals surface area (Å²) in [5, 5.41) is 5.72. The Morgan fingerprint density at radius 1 is 1.25 bits per heavy atom. The summed E-state index contributed by atoms with van der Waals surface area (Å²) < 4.78 is 10.5. The van der Waals surface area contributed by atoms with Crippen molar-refractivity contribution in [3.63, 3.8) is 0 Å². The van der Waals surface area contributed by atoms with Gasteiger partial charge in [-0.1, -0.05) is 20.8 Å². The smallest absolute Gasteiger partial charge is 0.240 e. The number of benzene rings is 1. The summed E-state index contributed by atoms with van der Waals surface area (Å²) in [6.07, 6.45) is 1.59. The van der Waals surface area contributed by atoms with E-state index >= 15 is 0 Å². The van der Waals surface area contributed by atoms with Crippen molar-refractivity contribution in [2.75, 3.05) is 18.6 Å². The molecule has 7 heteroatoms. The number of methoxy groups -OCH3 is 1. The Bertz CT molecular complexity index is 896. The van der Waals surface area contributed by atoms with Crippen LogP contribution in [-0.2, 0) is 16.8 Å². The van der Waals surface area contributed by atoms with Crippen molar-refractivity contribution in [3.8, 4) is 5.75 Å². The Labute approximate surface area is 169 Å². The summed E-state index contributed by atoms with van der Waals surface area (Å²) in [5.74, 6) is 1.37. The highest BCUT2D eigenvalue weighted by molar-refractivity contribution is 7.13. The van der Waals surface area contributed by atoms with Gasteiger partial charge in [0.05, 0.1) is 25.6 Å². The van der Waals surface area contributed by atoms with Gasteiger partial charge in [-0.2, -0.15) is 0 Å². The van der Waals surface area contributed by atoms with Gasteiger partial charge in [0.2, 0.25) is 5.91 Å². The molecule has 1 aromatic carbocycles. The molecule has 0 saturated heterocycles. The molecule has 6 nitrogen and oxygen atoms in total. The van der Waals surface area contributed by atoms with E-state index in [1.54, 1.807) is 19.4 Å². The van der Waals surface area contributed by atoms with E-state index in [-0.39, 0.29) is 17.9 Å². The van der Waals surface area contributed by atoms with Crippen LogP contribution in [0, 0.1) is 0 Å². The monoisotopic (exact) mass is 399 g/mol. The van der Waals surface area contributed by atoms with Crippen LogP contribution in [-0.4, -0.2) is 24.5 Å². The van der Waals surface area contributed by atoms with E-state index in [2.05, 4.69) is 26.1 Å². The molecule has 0 aliphatic rings. The molecule has 28 heavy (non-hydrogen) atoms. The summed E-state index contributed by atoms with van der Waals surface area (Å²) in [4.78, 5) is 19.3. The fourth-order valence-electron chi connectivity index (χ4n) is 2.56. The third-order valence-electron chi connectivity index (χ3n) is 4.22. The van der Waals surface area contributed by atoms with E-state index in [1.807, 2.05) is 40.6 Å². The van der Waals surface area contributed by atoms with Crippen LogP contribution < -0.4 is 15.0 Å². The van der Waals surface area contributed by atoms with Crippen LogP contribution in [0.3, 0.4) is 0 Å². The first-order valence-corrected chi connectivity index (χ1v) is 9.91. The number of hydrogen-bond donors (Lipinski definition) is 1. The third-order valence-corrected chi connectivity index (χ3v) is 5.08. The second kappa shape index (κ2) is 8.48. The Hall–Kier alpha value is -2.80. The Kier molecular flexibility index (Phi) is 6.04. The molecular weight excluding hydrogens is 374 g/mol. The van der Waals surface area contributed by atoms with Crippen LogP contribution in [0.25, 0.3) is 0 Å². The molecule has 2 heterocycles. The van der Waals surface area contributed by atoms with Crippen molar-refractivity contribution < 1.29 is 13.9 Å². The molecule has 0 aliphatic heterocycles. The van der Waals surface area contributed by atoms with Crippen LogP contribution in [0.1, 0.15) is 32.2 Å². The predicted molar refractivity (Wildman–Crippen MR) is 111 cm³/mol. The minimum absolute atomic E-state index is 0.0537. The molecular formula is C21H25N3O3S. The zero-order valence-corrected chi connectivity index (χ0v) is 17.4. The summed E-state index contributed by atoms with van der Waals surface area (Å²) in [6.45, 7) is 6.89. The average Bonchev–Trinajstić information content (AvgIpc) is 3.36. The van der Waals surface area contributed by atoms with Gasteiger partial charge < -0.3 is 19.4 Å². The van der Waals surface area contributed by atoms with Gasteiger partial charge in [0.25, 0.3) is 0 Å². The maximum atomic E-state index is 12.6. The van der Waals surface area contributed by atoms with E-state index < -0.39 is 0 Å². The van der Waals surface area contributed by atoms with E-state index in [1.165, 1.54) is 11.3 Å². The number of thiazole rings is 1. The van der Waals surface area contributed by atoms with Gasteiger partial charge in [-0.05, 0) is 36.4 Å². The summed E-state index contributed by atoms with van der Waals surface area (Å²) in [5.41, 5.74) is 1.83. The van der Waals surface area contributed by atoms with Crippen LogP contribution in [0.15, 0.2) is 52.5 Å². The van der Waals surface area contributed by atoms with Crippen LogP contribution >= 0.6 is 11.3 Å².